The van der Waals surface area contributed by atoms with Gasteiger partial charge in [-0.2, -0.15) is 0 Å². The minimum absolute atomic E-state index is 0.0207. The van der Waals surface area contributed by atoms with Gasteiger partial charge in [-0.3, -0.25) is 9.78 Å². The highest BCUT2D eigenvalue weighted by Gasteiger charge is 2.20. The van der Waals surface area contributed by atoms with Crippen molar-refractivity contribution in [1.82, 2.24) is 20.3 Å². The number of nitrogens with two attached hydrogens (primary N) is 1. The van der Waals surface area contributed by atoms with Gasteiger partial charge in [0.1, 0.15) is 17.1 Å². The summed E-state index contributed by atoms with van der Waals surface area (Å²) in [6.45, 7) is 2.46. The van der Waals surface area contributed by atoms with Gasteiger partial charge in [-0.25, -0.2) is 9.97 Å². The number of hydrogen-bond donors (Lipinski definition) is 2. The van der Waals surface area contributed by atoms with Crippen LogP contribution in [0.15, 0.2) is 39.2 Å². The topological polar surface area (TPSA) is 116 Å². The van der Waals surface area contributed by atoms with Crippen LogP contribution < -0.4 is 11.1 Å². The molecule has 3 rings (SSSR count). The van der Waals surface area contributed by atoms with Crippen LogP contribution in [0, 0.1) is 6.92 Å². The number of nitrogen functional groups attached to an aromatic ring is 1. The van der Waals surface area contributed by atoms with Gasteiger partial charge in [0, 0.05) is 7.11 Å². The molecule has 140 valence electrons. The summed E-state index contributed by atoms with van der Waals surface area (Å²) in [5.41, 5.74) is 7.81. The van der Waals surface area contributed by atoms with Gasteiger partial charge >= 0.3 is 0 Å². The number of anilines is 1. The molecule has 0 aliphatic carbocycles. The van der Waals surface area contributed by atoms with Crippen molar-refractivity contribution in [1.29, 1.82) is 0 Å². The lowest BCUT2D eigenvalue weighted by Crippen LogP contribution is -2.25. The van der Waals surface area contributed by atoms with Gasteiger partial charge in [-0.15, -0.1) is 0 Å². The molecule has 1 amide bonds. The summed E-state index contributed by atoms with van der Waals surface area (Å²) in [6.07, 6.45) is 0. The predicted molar refractivity (Wildman–Crippen MR) is 103 cm³/mol. The average molecular weight is 432 g/mol. The van der Waals surface area contributed by atoms with Gasteiger partial charge in [-0.1, -0.05) is 6.07 Å². The minimum atomic E-state index is -0.403. The molecule has 0 radical (unpaired) electrons. The summed E-state index contributed by atoms with van der Waals surface area (Å²) in [5.74, 6) is 0.797. The Bertz CT molecular complexity index is 973. The lowest BCUT2D eigenvalue weighted by atomic mass is 10.2. The zero-order chi connectivity index (χ0) is 19.4. The molecule has 0 saturated carbocycles. The normalized spacial score (nSPS) is 10.8. The summed E-state index contributed by atoms with van der Waals surface area (Å²) in [6, 6.07) is 9.10. The molecule has 0 atom stereocenters. The maximum Gasteiger partial charge on any atom is 0.271 e. The van der Waals surface area contributed by atoms with Crippen molar-refractivity contribution in [2.24, 2.45) is 0 Å². The third kappa shape index (κ3) is 4.50. The fourth-order valence-corrected chi connectivity index (χ4v) is 3.00. The molecule has 8 nitrogen and oxygen atoms in total. The van der Waals surface area contributed by atoms with Crippen LogP contribution in [0.25, 0.3) is 11.5 Å². The number of ether oxygens (including phenoxy) is 1. The molecule has 0 aliphatic heterocycles. The van der Waals surface area contributed by atoms with Crippen molar-refractivity contribution in [3.63, 3.8) is 0 Å². The Hall–Kier alpha value is -2.78. The average Bonchev–Trinajstić information content (AvgIpc) is 3.08. The van der Waals surface area contributed by atoms with Crippen LogP contribution in [-0.2, 0) is 17.9 Å². The van der Waals surface area contributed by atoms with E-state index in [1.807, 2.05) is 25.1 Å². The number of aromatic nitrogens is 3. The van der Waals surface area contributed by atoms with E-state index in [4.69, 9.17) is 14.9 Å². The first kappa shape index (κ1) is 19.0. The van der Waals surface area contributed by atoms with Crippen LogP contribution in [0.1, 0.15) is 27.6 Å². The molecule has 3 aromatic rings. The van der Waals surface area contributed by atoms with Crippen LogP contribution in [0.5, 0.6) is 0 Å². The van der Waals surface area contributed by atoms with Crippen LogP contribution in [0.4, 0.5) is 5.95 Å². The van der Waals surface area contributed by atoms with Gasteiger partial charge in [-0.05, 0) is 47.1 Å². The van der Waals surface area contributed by atoms with E-state index in [0.29, 0.717) is 28.2 Å². The third-order valence-electron chi connectivity index (χ3n) is 3.64. The Morgan fingerprint density at radius 1 is 1.22 bits per heavy atom. The Morgan fingerprint density at radius 3 is 2.70 bits per heavy atom. The fourth-order valence-electron chi connectivity index (χ4n) is 2.45. The monoisotopic (exact) mass is 431 g/mol. The van der Waals surface area contributed by atoms with Crippen LogP contribution in [-0.4, -0.2) is 28.0 Å². The summed E-state index contributed by atoms with van der Waals surface area (Å²) in [5, 5.41) is 2.79. The number of hydrogen-bond acceptors (Lipinski definition) is 7. The van der Waals surface area contributed by atoms with E-state index in [9.17, 15) is 4.79 Å². The number of nitrogens with one attached hydrogen (secondary N) is 1. The quantitative estimate of drug-likeness (QED) is 0.615. The first-order valence-corrected chi connectivity index (χ1v) is 8.89. The van der Waals surface area contributed by atoms with Crippen LogP contribution in [0.3, 0.4) is 0 Å². The summed E-state index contributed by atoms with van der Waals surface area (Å²) in [7, 11) is 1.60. The largest absolute Gasteiger partial charge is 0.460 e. The van der Waals surface area contributed by atoms with Crippen molar-refractivity contribution >= 4 is 27.8 Å². The first-order valence-electron chi connectivity index (χ1n) is 8.09. The molecule has 0 fully saturated rings. The van der Waals surface area contributed by atoms with E-state index >= 15 is 0 Å². The number of pyridine rings is 1. The van der Waals surface area contributed by atoms with Gasteiger partial charge in [0.2, 0.25) is 5.95 Å². The highest BCUT2D eigenvalue weighted by atomic mass is 79.9. The van der Waals surface area contributed by atoms with Gasteiger partial charge in [0.25, 0.3) is 5.91 Å². The van der Waals surface area contributed by atoms with Crippen LogP contribution >= 0.6 is 15.9 Å². The third-order valence-corrected chi connectivity index (χ3v) is 4.40. The lowest BCUT2D eigenvalue weighted by Gasteiger charge is -2.09. The molecule has 27 heavy (non-hydrogen) atoms. The number of carbonyl (C=O) groups is 1. The van der Waals surface area contributed by atoms with Gasteiger partial charge < -0.3 is 20.2 Å². The summed E-state index contributed by atoms with van der Waals surface area (Å²) >= 11 is 3.39. The van der Waals surface area contributed by atoms with Crippen molar-refractivity contribution in [2.75, 3.05) is 12.8 Å². The number of amides is 1. The molecule has 3 heterocycles. The summed E-state index contributed by atoms with van der Waals surface area (Å²) < 4.78 is 11.1. The van der Waals surface area contributed by atoms with Crippen molar-refractivity contribution in [2.45, 2.75) is 20.1 Å². The molecule has 0 aliphatic rings. The van der Waals surface area contributed by atoms with Crippen LogP contribution in [0.2, 0.25) is 0 Å². The number of nitrogens with zero attached hydrogens (tertiary/aromatic N) is 3. The molecule has 0 unspecified atom stereocenters. The standard InChI is InChI=1S/C18H18BrN5O3/c1-10-6-7-13(27-10)15-14(19)16(24-18(20)23-15)17(25)21-8-11-4-3-5-12(22-11)9-26-2/h3-7H,8-9H2,1-2H3,(H,21,25)(H2,20,23,24). The minimum Gasteiger partial charge on any atom is -0.460 e. The van der Waals surface area contributed by atoms with Gasteiger partial charge in [0.15, 0.2) is 5.76 Å². The zero-order valence-electron chi connectivity index (χ0n) is 14.8. The Balaban J connectivity index is 1.80. The first-order chi connectivity index (χ1) is 13.0. The molecule has 0 saturated heterocycles. The van der Waals surface area contributed by atoms with E-state index in [1.54, 1.807) is 19.2 Å². The number of halogens is 1. The van der Waals surface area contributed by atoms with Gasteiger partial charge in [0.05, 0.1) is 29.0 Å². The molecule has 0 aromatic carbocycles. The predicted octanol–water partition coefficient (Wildman–Crippen LogP) is 2.86. The molecular weight excluding hydrogens is 414 g/mol. The van der Waals surface area contributed by atoms with E-state index < -0.39 is 5.91 Å². The fraction of sp³-hybridized carbons (Fsp3) is 0.222. The number of methoxy groups -OCH3 is 1. The molecule has 9 heteroatoms. The number of carbonyl (C=O) groups excluding carboxylic acids is 1. The SMILES string of the molecule is COCc1cccc(CNC(=O)c2nc(N)nc(-c3ccc(C)o3)c2Br)n1. The van der Waals surface area contributed by atoms with Crippen molar-refractivity contribution in [3.8, 4) is 11.5 Å². The zero-order valence-corrected chi connectivity index (χ0v) is 16.4. The van der Waals surface area contributed by atoms with E-state index in [1.165, 1.54) is 0 Å². The van der Waals surface area contributed by atoms with E-state index in [0.717, 1.165) is 11.5 Å². The smallest absolute Gasteiger partial charge is 0.271 e. The Kier molecular flexibility index (Phi) is 5.82. The Morgan fingerprint density at radius 2 is 2.00 bits per heavy atom. The lowest BCUT2D eigenvalue weighted by molar-refractivity contribution is 0.0944. The molecule has 3 aromatic heterocycles. The molecule has 3 N–H and O–H groups in total. The number of rotatable bonds is 6. The maximum atomic E-state index is 12.6. The maximum absolute atomic E-state index is 12.6. The Labute approximate surface area is 164 Å². The molecule has 0 bridgehead atoms. The second kappa shape index (κ2) is 8.28. The number of aryl methyl sites for hydroxylation is 1. The second-order valence-electron chi connectivity index (χ2n) is 5.74. The van der Waals surface area contributed by atoms with E-state index in [-0.39, 0.29) is 18.2 Å². The summed E-state index contributed by atoms with van der Waals surface area (Å²) in [4.78, 5) is 25.3. The second-order valence-corrected chi connectivity index (χ2v) is 6.53. The highest BCUT2D eigenvalue weighted by Crippen LogP contribution is 2.30. The molecule has 0 spiro atoms. The number of furan rings is 1. The highest BCUT2D eigenvalue weighted by molar-refractivity contribution is 9.10. The van der Waals surface area contributed by atoms with E-state index in [2.05, 4.69) is 36.2 Å². The van der Waals surface area contributed by atoms with Crippen molar-refractivity contribution in [3.05, 3.63) is 57.6 Å². The van der Waals surface area contributed by atoms with Crippen molar-refractivity contribution < 1.29 is 13.9 Å². The molecular formula is C18H18BrN5O3.